The maximum atomic E-state index is 13.6. The molecule has 5 rings (SSSR count). The van der Waals surface area contributed by atoms with Gasteiger partial charge in [-0.2, -0.15) is 0 Å². The number of sulfone groups is 2. The molecule has 2 saturated heterocycles. The molecule has 2 amide bonds. The van der Waals surface area contributed by atoms with Gasteiger partial charge in [-0.25, -0.2) is 36.6 Å². The van der Waals surface area contributed by atoms with E-state index in [2.05, 4.69) is 25.6 Å². The number of amides is 2. The van der Waals surface area contributed by atoms with Crippen LogP contribution < -0.4 is 10.6 Å². The van der Waals surface area contributed by atoms with Crippen molar-refractivity contribution in [2.24, 2.45) is 0 Å². The zero-order chi connectivity index (χ0) is 33.5. The Morgan fingerprint density at radius 3 is 2.33 bits per heavy atom. The normalized spacial score (nSPS) is 24.3. The molecule has 0 bridgehead atoms. The number of hydrogen-bond donors (Lipinski definition) is 2. The highest BCUT2D eigenvalue weighted by atomic mass is 32.3. The molecule has 0 radical (unpaired) electrons. The molecule has 2 aliphatic heterocycles. The summed E-state index contributed by atoms with van der Waals surface area (Å²) >= 11 is 0. The number of ether oxygens (including phenoxy) is 3. The Labute approximate surface area is 269 Å². The third kappa shape index (κ3) is 6.60. The van der Waals surface area contributed by atoms with E-state index in [0.717, 1.165) is 18.1 Å². The highest BCUT2D eigenvalue weighted by Crippen LogP contribution is 2.48. The van der Waals surface area contributed by atoms with Crippen LogP contribution in [0.4, 0.5) is 10.6 Å². The summed E-state index contributed by atoms with van der Waals surface area (Å²) in [4.78, 5) is 25.1. The van der Waals surface area contributed by atoms with Crippen molar-refractivity contribution in [3.8, 4) is 0 Å². The molecule has 46 heavy (non-hydrogen) atoms. The summed E-state index contributed by atoms with van der Waals surface area (Å²) < 4.78 is 78.2. The van der Waals surface area contributed by atoms with Crippen molar-refractivity contribution in [1.29, 1.82) is 0 Å². The van der Waals surface area contributed by atoms with Crippen LogP contribution in [0.25, 0.3) is 17.2 Å². The van der Waals surface area contributed by atoms with Crippen LogP contribution >= 0.6 is 0 Å². The number of imidazole rings is 1. The number of rotatable bonds is 10. The van der Waals surface area contributed by atoms with Gasteiger partial charge in [-0.1, -0.05) is 57.2 Å². The van der Waals surface area contributed by atoms with Crippen LogP contribution in [-0.2, 0) is 38.3 Å². The molecule has 250 valence electrons. The molecule has 15 nitrogen and oxygen atoms in total. The van der Waals surface area contributed by atoms with Gasteiger partial charge in [-0.3, -0.25) is 9.88 Å². The number of hydrogen-bond acceptors (Lipinski definition) is 12. The van der Waals surface area contributed by atoms with E-state index in [1.807, 2.05) is 51.1 Å². The zero-order valence-corrected chi connectivity index (χ0v) is 29.3. The summed E-state index contributed by atoms with van der Waals surface area (Å²) in [5.74, 6) is 0.120. The Balaban J connectivity index is 1.61. The lowest BCUT2D eigenvalue weighted by Crippen LogP contribution is -2.61. The largest absolute Gasteiger partial charge is 0.392 e. The lowest BCUT2D eigenvalue weighted by molar-refractivity contribution is -0.141. The number of nitrogens with zero attached hydrogens (tertiary/aromatic N) is 4. The lowest BCUT2D eigenvalue weighted by Gasteiger charge is -2.38. The number of nitrogens with one attached hydrogen (secondary N) is 2. The Morgan fingerprint density at radius 2 is 1.70 bits per heavy atom. The van der Waals surface area contributed by atoms with Gasteiger partial charge in [-0.05, 0) is 23.6 Å². The standard InChI is InChI=1S/C28H38N6O9S2Si/c1-7-29-26(35)33-23-19-24(31-15-30-23)34(16-32-19)25-21-20(40-18(41-21)14-13-17-11-9-8-10-12-17)22(42-25)28(44(5,36)37,45(6,38)39)43-46-27(2,3)4/h8-16,18,20-22,25H,7,46H2,1-6H3,(H2,29,30,31,33,35). The van der Waals surface area contributed by atoms with Crippen molar-refractivity contribution in [1.82, 2.24) is 24.8 Å². The van der Waals surface area contributed by atoms with Gasteiger partial charge in [-0.15, -0.1) is 0 Å². The molecule has 5 atom stereocenters. The molecule has 5 unspecified atom stereocenters. The second kappa shape index (κ2) is 12.7. The van der Waals surface area contributed by atoms with Gasteiger partial charge in [0, 0.05) is 19.1 Å². The maximum Gasteiger partial charge on any atom is 0.320 e. The molecular formula is C28H38N6O9S2Si. The third-order valence-corrected chi connectivity index (χ3v) is 13.8. The van der Waals surface area contributed by atoms with Crippen LogP contribution in [0, 0.1) is 0 Å². The van der Waals surface area contributed by atoms with E-state index in [1.54, 1.807) is 19.1 Å². The van der Waals surface area contributed by atoms with Crippen LogP contribution in [0.5, 0.6) is 0 Å². The first-order valence-corrected chi connectivity index (χ1v) is 19.6. The quantitative estimate of drug-likeness (QED) is 0.293. The fourth-order valence-electron chi connectivity index (χ4n) is 5.38. The molecular weight excluding hydrogens is 657 g/mol. The summed E-state index contributed by atoms with van der Waals surface area (Å²) in [6.07, 6.45) is 1.62. The minimum atomic E-state index is -4.52. The number of aromatic nitrogens is 4. The molecule has 18 heteroatoms. The van der Waals surface area contributed by atoms with E-state index >= 15 is 0 Å². The third-order valence-electron chi connectivity index (χ3n) is 7.31. The summed E-state index contributed by atoms with van der Waals surface area (Å²) in [5, 5.41) is 4.76. The van der Waals surface area contributed by atoms with E-state index < -0.39 is 75.6 Å². The molecule has 1 aromatic carbocycles. The minimum Gasteiger partial charge on any atom is -0.392 e. The van der Waals surface area contributed by atoms with Crippen LogP contribution in [0.1, 0.15) is 39.5 Å². The van der Waals surface area contributed by atoms with Gasteiger partial charge in [0.2, 0.25) is 0 Å². The summed E-state index contributed by atoms with van der Waals surface area (Å²) in [5.41, 5.74) is 1.29. The Bertz CT molecular complexity index is 1800. The molecule has 2 aliphatic rings. The highest BCUT2D eigenvalue weighted by Gasteiger charge is 2.69. The second-order valence-electron chi connectivity index (χ2n) is 12.3. The first-order chi connectivity index (χ1) is 21.6. The van der Waals surface area contributed by atoms with Crippen LogP contribution in [0.2, 0.25) is 5.04 Å². The summed E-state index contributed by atoms with van der Waals surface area (Å²) in [6, 6.07) is 8.89. The van der Waals surface area contributed by atoms with Gasteiger partial charge in [0.1, 0.15) is 24.6 Å². The number of urea groups is 1. The number of carbonyl (C=O) groups excluding carboxylic acids is 1. The summed E-state index contributed by atoms with van der Waals surface area (Å²) in [7, 11) is -10.8. The van der Waals surface area contributed by atoms with Gasteiger partial charge < -0.3 is 24.0 Å². The van der Waals surface area contributed by atoms with Crippen molar-refractivity contribution in [2.75, 3.05) is 24.4 Å². The predicted octanol–water partition coefficient (Wildman–Crippen LogP) is 1.75. The maximum absolute atomic E-state index is 13.6. The molecule has 2 N–H and O–H groups in total. The molecule has 2 fully saturated rings. The van der Waals surface area contributed by atoms with E-state index in [4.69, 9.17) is 18.6 Å². The highest BCUT2D eigenvalue weighted by molar-refractivity contribution is 8.09. The van der Waals surface area contributed by atoms with Crippen LogP contribution in [-0.4, -0.2) is 100 Å². The molecule has 4 heterocycles. The monoisotopic (exact) mass is 694 g/mol. The Kier molecular flexibility index (Phi) is 9.44. The first-order valence-electron chi connectivity index (χ1n) is 14.5. The molecule has 0 saturated carbocycles. The van der Waals surface area contributed by atoms with E-state index in [0.29, 0.717) is 6.54 Å². The number of fused-ring (bicyclic) bond motifs is 2. The average Bonchev–Trinajstić information content (AvgIpc) is 3.65. The van der Waals surface area contributed by atoms with Gasteiger partial charge in [0.15, 0.2) is 58.9 Å². The molecule has 0 aliphatic carbocycles. The van der Waals surface area contributed by atoms with Gasteiger partial charge in [0.05, 0.1) is 6.33 Å². The number of carbonyl (C=O) groups is 1. The van der Waals surface area contributed by atoms with Crippen molar-refractivity contribution in [3.63, 3.8) is 0 Å². The lowest BCUT2D eigenvalue weighted by atomic mass is 10.1. The Hall–Kier alpha value is -3.26. The van der Waals surface area contributed by atoms with E-state index in [1.165, 1.54) is 17.2 Å². The van der Waals surface area contributed by atoms with Gasteiger partial charge >= 0.3 is 6.03 Å². The molecule has 0 spiro atoms. The zero-order valence-electron chi connectivity index (χ0n) is 26.3. The SMILES string of the molecule is CCNC(=O)Nc1ncnc2c1ncn2C1OC(C(O[SiH2]C(C)(C)C)(S(C)(=O)=O)S(C)(=O)=O)C2OC(C=Cc3ccccc3)OC21. The van der Waals surface area contributed by atoms with Crippen LogP contribution in [0.3, 0.4) is 0 Å². The molecule has 3 aromatic rings. The van der Waals surface area contributed by atoms with Gasteiger partial charge in [0.25, 0.3) is 4.27 Å². The van der Waals surface area contributed by atoms with Crippen LogP contribution in [0.15, 0.2) is 49.1 Å². The number of benzene rings is 1. The van der Waals surface area contributed by atoms with Crippen molar-refractivity contribution in [3.05, 3.63) is 54.6 Å². The minimum absolute atomic E-state index is 0.120. The summed E-state index contributed by atoms with van der Waals surface area (Å²) in [6.45, 7) is 7.69. The number of anilines is 1. The topological polar surface area (TPSA) is 190 Å². The van der Waals surface area contributed by atoms with E-state index in [9.17, 15) is 21.6 Å². The predicted molar refractivity (Wildman–Crippen MR) is 173 cm³/mol. The van der Waals surface area contributed by atoms with Crippen molar-refractivity contribution >= 4 is 58.5 Å². The second-order valence-corrected chi connectivity index (χ2v) is 19.6. The van der Waals surface area contributed by atoms with Crippen molar-refractivity contribution in [2.45, 2.75) is 67.8 Å². The molecule has 2 aromatic heterocycles. The Morgan fingerprint density at radius 1 is 1.02 bits per heavy atom. The van der Waals surface area contributed by atoms with Crippen molar-refractivity contribution < 1.29 is 40.3 Å². The first kappa shape index (κ1) is 34.1. The fourth-order valence-corrected chi connectivity index (χ4v) is 11.7. The van der Waals surface area contributed by atoms with E-state index in [-0.39, 0.29) is 17.0 Å². The average molecular weight is 695 g/mol. The smallest absolute Gasteiger partial charge is 0.320 e. The fraction of sp³-hybridized carbons (Fsp3) is 0.500.